The summed E-state index contributed by atoms with van der Waals surface area (Å²) in [6.07, 6.45) is 3.67. The van der Waals surface area contributed by atoms with Crippen LogP contribution in [-0.4, -0.2) is 108 Å². The number of pyridine rings is 1. The highest BCUT2D eigenvalue weighted by atomic mass is 32.2. The minimum atomic E-state index is -3.96. The van der Waals surface area contributed by atoms with Gasteiger partial charge < -0.3 is 29.3 Å². The van der Waals surface area contributed by atoms with Gasteiger partial charge in [0.15, 0.2) is 0 Å². The number of ether oxygens (including phenoxy) is 3. The molecule has 3 aromatic rings. The number of hydrogen-bond acceptors (Lipinski definition) is 11. The van der Waals surface area contributed by atoms with Crippen molar-refractivity contribution in [3.8, 4) is 22.8 Å². The first-order valence-electron chi connectivity index (χ1n) is 20.2. The van der Waals surface area contributed by atoms with Crippen LogP contribution in [0.2, 0.25) is 0 Å². The molecule has 1 unspecified atom stereocenters. The van der Waals surface area contributed by atoms with Crippen molar-refractivity contribution in [2.75, 3.05) is 26.7 Å². The second-order valence-electron chi connectivity index (χ2n) is 16.6. The highest BCUT2D eigenvalue weighted by molar-refractivity contribution is 7.91. The van der Waals surface area contributed by atoms with E-state index in [0.29, 0.717) is 40.9 Å². The Bertz CT molecular complexity index is 2340. The first-order valence-corrected chi connectivity index (χ1v) is 21.7. The van der Waals surface area contributed by atoms with Crippen molar-refractivity contribution in [1.82, 2.24) is 24.8 Å². The Kier molecular flexibility index (Phi) is 13.1. The fourth-order valence-electron chi connectivity index (χ4n) is 7.59. The molecule has 0 bridgehead atoms. The molecule has 61 heavy (non-hydrogen) atoms. The van der Waals surface area contributed by atoms with Gasteiger partial charge in [0.05, 0.1) is 42.5 Å². The quantitative estimate of drug-likeness (QED) is 0.104. The highest BCUT2D eigenvalue weighted by Crippen LogP contribution is 2.46. The van der Waals surface area contributed by atoms with Crippen molar-refractivity contribution in [2.45, 2.75) is 81.4 Å². The molecule has 3 aliphatic rings. The van der Waals surface area contributed by atoms with E-state index in [0.717, 1.165) is 11.6 Å². The van der Waals surface area contributed by atoms with E-state index in [1.54, 1.807) is 52.1 Å². The highest BCUT2D eigenvalue weighted by Gasteiger charge is 2.62. The van der Waals surface area contributed by atoms with Crippen LogP contribution >= 0.6 is 0 Å². The average molecular weight is 856 g/mol. The van der Waals surface area contributed by atoms with Crippen LogP contribution in [0.15, 0.2) is 92.6 Å². The number of sulfonamides is 1. The second-order valence-corrected chi connectivity index (χ2v) is 18.6. The van der Waals surface area contributed by atoms with Crippen LogP contribution in [0.4, 0.5) is 0 Å². The number of carbonyl (C=O) groups is 5. The van der Waals surface area contributed by atoms with Gasteiger partial charge in [-0.3, -0.25) is 28.7 Å². The maximum Gasteiger partial charge on any atom is 0.307 e. The topological polar surface area (TPSA) is 191 Å². The van der Waals surface area contributed by atoms with Crippen LogP contribution in [-0.2, 0) is 38.7 Å². The number of nitrogens with one attached hydrogen (secondary N) is 2. The zero-order valence-electron chi connectivity index (χ0n) is 34.9. The van der Waals surface area contributed by atoms with Gasteiger partial charge in [-0.1, -0.05) is 49.1 Å². The molecule has 1 aromatic heterocycles. The SMILES string of the molecule is C=CCN(C[C@H](CC(=O)OC(C)(C)C)C(=O)N1CC(Oc2cc(-c3ccccc3)nc3cc(OC)ccc23)C[C@H]1C(=O)N[C@]1(C(=O)NS(=O)(=O)C2CC2)C[C@H]1C=C)C(=O)C=C. The van der Waals surface area contributed by atoms with Gasteiger partial charge in [-0.05, 0) is 58.2 Å². The molecule has 2 saturated carbocycles. The van der Waals surface area contributed by atoms with Gasteiger partial charge >= 0.3 is 5.97 Å². The summed E-state index contributed by atoms with van der Waals surface area (Å²) >= 11 is 0. The molecule has 2 N–H and O–H groups in total. The molecule has 5 atom stereocenters. The van der Waals surface area contributed by atoms with Crippen molar-refractivity contribution in [2.24, 2.45) is 11.8 Å². The molecule has 2 aliphatic carbocycles. The third kappa shape index (κ3) is 10.3. The van der Waals surface area contributed by atoms with E-state index in [9.17, 15) is 32.4 Å². The lowest BCUT2D eigenvalue weighted by molar-refractivity contribution is -0.159. The minimum absolute atomic E-state index is 0.0343. The molecule has 324 valence electrons. The van der Waals surface area contributed by atoms with Crippen LogP contribution in [0.5, 0.6) is 11.5 Å². The lowest BCUT2D eigenvalue weighted by Gasteiger charge is -2.32. The third-order valence-electron chi connectivity index (χ3n) is 10.9. The normalized spacial score (nSPS) is 21.4. The number of aromatic nitrogens is 1. The first-order chi connectivity index (χ1) is 28.9. The summed E-state index contributed by atoms with van der Waals surface area (Å²) in [5.41, 5.74) is -0.537. The lowest BCUT2D eigenvalue weighted by atomic mass is 10.0. The molecular weight excluding hydrogens is 803 g/mol. The summed E-state index contributed by atoms with van der Waals surface area (Å²) in [6.45, 7) is 15.8. The van der Waals surface area contributed by atoms with Gasteiger partial charge in [0, 0.05) is 48.5 Å². The lowest BCUT2D eigenvalue weighted by Crippen LogP contribution is -2.57. The van der Waals surface area contributed by atoms with Crippen molar-refractivity contribution >= 4 is 50.5 Å². The summed E-state index contributed by atoms with van der Waals surface area (Å²) < 4.78 is 45.6. The molecule has 2 aromatic carbocycles. The van der Waals surface area contributed by atoms with Crippen LogP contribution < -0.4 is 19.5 Å². The summed E-state index contributed by atoms with van der Waals surface area (Å²) in [7, 11) is -2.41. The molecule has 16 heteroatoms. The van der Waals surface area contributed by atoms with Gasteiger partial charge in [-0.2, -0.15) is 0 Å². The minimum Gasteiger partial charge on any atom is -0.497 e. The maximum atomic E-state index is 14.9. The standard InChI is InChI=1S/C45H53N5O10S/c1-8-20-49(39(51)10-3)26-29(21-40(52)60-44(4,5)6)42(54)50-27-32(23-37(50)41(53)47-45(25-30(45)9-2)43(55)48-61(56,57)33-17-18-33)59-38-24-35(28-14-12-11-13-15-28)46-36-22-31(58-7)16-19-34(36)38/h8-16,19,22,24,29-30,32-33,37H,1-3,17-18,20-21,23,25-27H2,4-7H3,(H,47,53)(H,48,55)/t29-,30+,32?,37-,45+/m0/s1. The molecular formula is C45H53N5O10S. The maximum absolute atomic E-state index is 14.9. The van der Waals surface area contributed by atoms with Crippen molar-refractivity contribution in [1.29, 1.82) is 0 Å². The molecule has 15 nitrogen and oxygen atoms in total. The van der Waals surface area contributed by atoms with E-state index in [1.807, 2.05) is 30.3 Å². The van der Waals surface area contributed by atoms with Gasteiger partial charge in [0.1, 0.15) is 34.8 Å². The van der Waals surface area contributed by atoms with Gasteiger partial charge in [0.25, 0.3) is 5.91 Å². The van der Waals surface area contributed by atoms with E-state index in [1.165, 1.54) is 22.0 Å². The summed E-state index contributed by atoms with van der Waals surface area (Å²) in [5, 5.41) is 2.74. The first kappa shape index (κ1) is 44.5. The van der Waals surface area contributed by atoms with Gasteiger partial charge in [0.2, 0.25) is 27.7 Å². The zero-order valence-corrected chi connectivity index (χ0v) is 35.7. The predicted octanol–water partition coefficient (Wildman–Crippen LogP) is 4.48. The fraction of sp³-hybridized carbons (Fsp3) is 0.422. The smallest absolute Gasteiger partial charge is 0.307 e. The van der Waals surface area contributed by atoms with E-state index in [4.69, 9.17) is 19.2 Å². The predicted molar refractivity (Wildman–Crippen MR) is 228 cm³/mol. The van der Waals surface area contributed by atoms with Crippen molar-refractivity contribution in [3.63, 3.8) is 0 Å². The van der Waals surface area contributed by atoms with Gasteiger partial charge in [-0.15, -0.1) is 13.2 Å². The second kappa shape index (κ2) is 17.9. The number of likely N-dealkylation sites (tertiary alicyclic amines) is 1. The van der Waals surface area contributed by atoms with E-state index in [-0.39, 0.29) is 32.5 Å². The Labute approximate surface area is 356 Å². The number of nitrogens with zero attached hydrogens (tertiary/aromatic N) is 3. The largest absolute Gasteiger partial charge is 0.497 e. The number of hydrogen-bond donors (Lipinski definition) is 2. The molecule has 4 amide bonds. The van der Waals surface area contributed by atoms with Gasteiger partial charge in [-0.25, -0.2) is 13.4 Å². The third-order valence-corrected chi connectivity index (χ3v) is 12.7. The van der Waals surface area contributed by atoms with Crippen LogP contribution in [0, 0.1) is 11.8 Å². The number of benzene rings is 2. The number of amides is 4. The van der Waals surface area contributed by atoms with Crippen molar-refractivity contribution < 1.29 is 46.6 Å². The summed E-state index contributed by atoms with van der Waals surface area (Å²) in [5.74, 6) is -4.28. The van der Waals surface area contributed by atoms with E-state index >= 15 is 0 Å². The van der Waals surface area contributed by atoms with E-state index < -0.39 is 86.4 Å². The molecule has 6 rings (SSSR count). The Hall–Kier alpha value is -6.03. The monoisotopic (exact) mass is 855 g/mol. The number of esters is 1. The Balaban J connectivity index is 1.37. The fourth-order valence-corrected chi connectivity index (χ4v) is 8.95. The number of carbonyl (C=O) groups excluding carboxylic acids is 5. The molecule has 0 spiro atoms. The van der Waals surface area contributed by atoms with Crippen LogP contribution in [0.1, 0.15) is 52.9 Å². The van der Waals surface area contributed by atoms with Crippen LogP contribution in [0.3, 0.4) is 0 Å². The Morgan fingerprint density at radius 2 is 1.77 bits per heavy atom. The number of methoxy groups -OCH3 is 1. The molecule has 3 fully saturated rings. The number of rotatable bonds is 18. The van der Waals surface area contributed by atoms with Crippen LogP contribution in [0.25, 0.3) is 22.2 Å². The summed E-state index contributed by atoms with van der Waals surface area (Å²) in [4.78, 5) is 77.0. The Morgan fingerprint density at radius 3 is 2.38 bits per heavy atom. The average Bonchev–Trinajstić information content (AvgIpc) is 4.15. The van der Waals surface area contributed by atoms with E-state index in [2.05, 4.69) is 29.8 Å². The molecule has 1 saturated heterocycles. The number of fused-ring (bicyclic) bond motifs is 1. The molecule has 0 radical (unpaired) electrons. The summed E-state index contributed by atoms with van der Waals surface area (Å²) in [6, 6.07) is 15.3. The zero-order chi connectivity index (χ0) is 44.3. The molecule has 1 aliphatic heterocycles. The Morgan fingerprint density at radius 1 is 1.05 bits per heavy atom. The van der Waals surface area contributed by atoms with Crippen molar-refractivity contribution in [3.05, 3.63) is 92.6 Å². The molecule has 2 heterocycles.